The maximum atomic E-state index is 13.4. The van der Waals surface area contributed by atoms with E-state index in [9.17, 15) is 14.0 Å². The van der Waals surface area contributed by atoms with Crippen molar-refractivity contribution < 1.29 is 28.2 Å². The summed E-state index contributed by atoms with van der Waals surface area (Å²) < 4.78 is 32.7. The van der Waals surface area contributed by atoms with E-state index < -0.39 is 18.1 Å². The van der Waals surface area contributed by atoms with E-state index >= 15 is 0 Å². The predicted octanol–water partition coefficient (Wildman–Crippen LogP) is 5.45. The lowest BCUT2D eigenvalue weighted by molar-refractivity contribution is -0.125. The Balaban J connectivity index is 1.47. The number of nitrogens with one attached hydrogen (secondary N) is 1. The second-order valence-electron chi connectivity index (χ2n) is 8.84. The van der Waals surface area contributed by atoms with Crippen LogP contribution in [-0.4, -0.2) is 47.3 Å². The highest BCUT2D eigenvalue weighted by Crippen LogP contribution is 2.36. The van der Waals surface area contributed by atoms with Crippen LogP contribution in [0.15, 0.2) is 72.9 Å². The van der Waals surface area contributed by atoms with E-state index in [1.54, 1.807) is 41.3 Å². The summed E-state index contributed by atoms with van der Waals surface area (Å²) in [6.07, 6.45) is 0.463. The van der Waals surface area contributed by atoms with Crippen LogP contribution >= 0.6 is 0 Å². The highest BCUT2D eigenvalue weighted by molar-refractivity contribution is 6.06. The van der Waals surface area contributed by atoms with Gasteiger partial charge in [-0.2, -0.15) is 0 Å². The maximum absolute atomic E-state index is 13.4. The van der Waals surface area contributed by atoms with Crippen LogP contribution in [0.5, 0.6) is 17.2 Å². The van der Waals surface area contributed by atoms with Crippen molar-refractivity contribution in [3.63, 3.8) is 0 Å². The fraction of sp³-hybridized carbons (Fsp3) is 0.241. The van der Waals surface area contributed by atoms with Crippen molar-refractivity contribution in [1.29, 1.82) is 0 Å². The van der Waals surface area contributed by atoms with Gasteiger partial charge < -0.3 is 29.0 Å². The Morgan fingerprint density at radius 1 is 1.03 bits per heavy atom. The molecular weight excluding hydrogens is 489 g/mol. The van der Waals surface area contributed by atoms with Gasteiger partial charge in [-0.1, -0.05) is 24.3 Å². The number of amides is 2. The first kappa shape index (κ1) is 25.1. The zero-order valence-corrected chi connectivity index (χ0v) is 21.1. The van der Waals surface area contributed by atoms with Gasteiger partial charge in [0.05, 0.1) is 11.2 Å². The molecule has 0 saturated carbocycles. The molecule has 3 aromatic carbocycles. The molecule has 0 fully saturated rings. The Morgan fingerprint density at radius 2 is 1.76 bits per heavy atom. The molecule has 0 aliphatic carbocycles. The van der Waals surface area contributed by atoms with E-state index in [1.165, 1.54) is 12.1 Å². The number of fused-ring (bicyclic) bond motifs is 2. The van der Waals surface area contributed by atoms with Gasteiger partial charge in [0.1, 0.15) is 12.4 Å². The van der Waals surface area contributed by atoms with Gasteiger partial charge in [0.2, 0.25) is 6.10 Å². The van der Waals surface area contributed by atoms with Gasteiger partial charge >= 0.3 is 6.09 Å². The molecule has 196 valence electrons. The Kier molecular flexibility index (Phi) is 7.17. The Hall–Kier alpha value is -4.53. The average Bonchev–Trinajstić information content (AvgIpc) is 3.34. The summed E-state index contributed by atoms with van der Waals surface area (Å²) in [6, 6.07) is 18.8. The molecular formula is C29H28FN3O5. The maximum Gasteiger partial charge on any atom is 0.415 e. The number of hydrogen-bond donors (Lipinski definition) is 1. The number of para-hydroxylation sites is 2. The van der Waals surface area contributed by atoms with E-state index in [0.29, 0.717) is 42.2 Å². The summed E-state index contributed by atoms with van der Waals surface area (Å²) in [4.78, 5) is 27.6. The largest absolute Gasteiger partial charge is 0.485 e. The first-order valence-corrected chi connectivity index (χ1v) is 12.5. The van der Waals surface area contributed by atoms with Gasteiger partial charge in [-0.15, -0.1) is 0 Å². The third-order valence-electron chi connectivity index (χ3n) is 6.45. The zero-order chi connectivity index (χ0) is 26.6. The molecule has 5 rings (SSSR count). The molecule has 2 amide bonds. The van der Waals surface area contributed by atoms with E-state index in [1.807, 2.05) is 42.8 Å². The van der Waals surface area contributed by atoms with Crippen LogP contribution in [-0.2, 0) is 11.3 Å². The fourth-order valence-corrected chi connectivity index (χ4v) is 4.38. The lowest BCUT2D eigenvalue weighted by Gasteiger charge is -2.26. The number of hydrogen-bond acceptors (Lipinski definition) is 5. The van der Waals surface area contributed by atoms with Crippen LogP contribution < -0.4 is 19.5 Å². The van der Waals surface area contributed by atoms with Crippen LogP contribution in [0.1, 0.15) is 19.4 Å². The number of ether oxygens (including phenoxy) is 3. The van der Waals surface area contributed by atoms with E-state index in [-0.39, 0.29) is 18.2 Å². The first-order valence-electron chi connectivity index (χ1n) is 12.5. The quantitative estimate of drug-likeness (QED) is 0.353. The molecule has 1 aromatic heterocycles. The Bertz CT molecular complexity index is 1460. The van der Waals surface area contributed by atoms with Crippen molar-refractivity contribution in [3.8, 4) is 17.2 Å². The molecule has 38 heavy (non-hydrogen) atoms. The normalized spacial score (nSPS) is 14.2. The summed E-state index contributed by atoms with van der Waals surface area (Å²) in [6.45, 7) is 5.24. The first-order chi connectivity index (χ1) is 18.5. The molecule has 1 aliphatic rings. The molecule has 1 unspecified atom stereocenters. The minimum atomic E-state index is -0.896. The lowest BCUT2D eigenvalue weighted by atomic mass is 10.1. The molecule has 0 spiro atoms. The molecule has 0 bridgehead atoms. The standard InChI is InChI=1S/C29H28FN3O5/c1-3-32(4-2)29(35)38-25-14-13-22-21(15-16-33(22)17-19-9-11-20(30)12-10-19)27(25)31-28(34)26-18-36-23-7-5-6-8-24(23)37-26/h5-16,26H,3-4,17-18H2,1-2H3,(H,31,34). The van der Waals surface area contributed by atoms with Crippen LogP contribution in [0.3, 0.4) is 0 Å². The zero-order valence-electron chi connectivity index (χ0n) is 21.1. The van der Waals surface area contributed by atoms with Crippen LogP contribution in [0.2, 0.25) is 0 Å². The number of rotatable bonds is 7. The molecule has 9 heteroatoms. The molecule has 1 N–H and O–H groups in total. The highest BCUT2D eigenvalue weighted by Gasteiger charge is 2.29. The van der Waals surface area contributed by atoms with Crippen molar-refractivity contribution in [2.45, 2.75) is 26.5 Å². The summed E-state index contributed by atoms with van der Waals surface area (Å²) >= 11 is 0. The fourth-order valence-electron chi connectivity index (χ4n) is 4.38. The van der Waals surface area contributed by atoms with Gasteiger partial charge in [-0.3, -0.25) is 4.79 Å². The topological polar surface area (TPSA) is 82.0 Å². The number of halogens is 1. The molecule has 4 aromatic rings. The minimum Gasteiger partial charge on any atom is -0.485 e. The van der Waals surface area contributed by atoms with E-state index in [4.69, 9.17) is 14.2 Å². The Morgan fingerprint density at radius 3 is 2.50 bits per heavy atom. The van der Waals surface area contributed by atoms with Gasteiger partial charge in [0.15, 0.2) is 17.2 Å². The average molecular weight is 518 g/mol. The van der Waals surface area contributed by atoms with Crippen molar-refractivity contribution >= 4 is 28.6 Å². The van der Waals surface area contributed by atoms with Crippen LogP contribution in [0.4, 0.5) is 14.9 Å². The van der Waals surface area contributed by atoms with Crippen molar-refractivity contribution in [2.24, 2.45) is 0 Å². The third kappa shape index (κ3) is 5.13. The second-order valence-corrected chi connectivity index (χ2v) is 8.84. The number of aromatic nitrogens is 1. The molecule has 2 heterocycles. The number of anilines is 1. The highest BCUT2D eigenvalue weighted by atomic mass is 19.1. The third-order valence-corrected chi connectivity index (χ3v) is 6.45. The van der Waals surface area contributed by atoms with Crippen molar-refractivity contribution in [1.82, 2.24) is 9.47 Å². The van der Waals surface area contributed by atoms with Gasteiger partial charge in [0, 0.05) is 31.2 Å². The molecule has 1 aliphatic heterocycles. The minimum absolute atomic E-state index is 0.0406. The SMILES string of the molecule is CCN(CC)C(=O)Oc1ccc2c(ccn2Cc2ccc(F)cc2)c1NC(=O)C1COc2ccccc2O1. The molecule has 0 radical (unpaired) electrons. The number of nitrogens with zero attached hydrogens (tertiary/aromatic N) is 2. The Labute approximate surface area is 219 Å². The number of carbonyl (C=O) groups excluding carboxylic acids is 2. The van der Waals surface area contributed by atoms with E-state index in [0.717, 1.165) is 11.1 Å². The lowest BCUT2D eigenvalue weighted by Crippen LogP contribution is -2.40. The van der Waals surface area contributed by atoms with Gasteiger partial charge in [0.25, 0.3) is 5.91 Å². The molecule has 0 saturated heterocycles. The summed E-state index contributed by atoms with van der Waals surface area (Å²) in [5.41, 5.74) is 2.07. The van der Waals surface area contributed by atoms with Crippen LogP contribution in [0.25, 0.3) is 10.9 Å². The van der Waals surface area contributed by atoms with Gasteiger partial charge in [-0.05, 0) is 61.9 Å². The molecule has 1 atom stereocenters. The summed E-state index contributed by atoms with van der Waals surface area (Å²) in [7, 11) is 0. The second kappa shape index (κ2) is 10.8. The molecule has 8 nitrogen and oxygen atoms in total. The van der Waals surface area contributed by atoms with Crippen LogP contribution in [0, 0.1) is 5.82 Å². The number of benzene rings is 3. The van der Waals surface area contributed by atoms with Crippen molar-refractivity contribution in [3.05, 3.63) is 84.3 Å². The smallest absolute Gasteiger partial charge is 0.415 e. The summed E-state index contributed by atoms with van der Waals surface area (Å²) in [5, 5.41) is 3.60. The number of carbonyl (C=O) groups is 2. The predicted molar refractivity (Wildman–Crippen MR) is 141 cm³/mol. The summed E-state index contributed by atoms with van der Waals surface area (Å²) in [5.74, 6) is 0.547. The van der Waals surface area contributed by atoms with Crippen molar-refractivity contribution in [2.75, 3.05) is 25.0 Å². The van der Waals surface area contributed by atoms with Gasteiger partial charge in [-0.25, -0.2) is 9.18 Å². The monoisotopic (exact) mass is 517 g/mol. The van der Waals surface area contributed by atoms with E-state index in [2.05, 4.69) is 5.32 Å².